The second-order valence-corrected chi connectivity index (χ2v) is 15.9. The highest BCUT2D eigenvalue weighted by Crippen LogP contribution is 2.41. The lowest BCUT2D eigenvalue weighted by molar-refractivity contribution is 0.313. The van der Waals surface area contributed by atoms with E-state index >= 15 is 0 Å². The Kier molecular flexibility index (Phi) is 13.2. The van der Waals surface area contributed by atoms with Gasteiger partial charge in [-0.1, -0.05) is 166 Å². The summed E-state index contributed by atoms with van der Waals surface area (Å²) in [7, 11) is 5.51. The molecule has 0 radical (unpaired) electrons. The van der Waals surface area contributed by atoms with Crippen LogP contribution in [0.3, 0.4) is 0 Å². The molecule has 0 saturated carbocycles. The monoisotopic (exact) mass is 887 g/mol. The summed E-state index contributed by atoms with van der Waals surface area (Å²) < 4.78 is 14.4. The van der Waals surface area contributed by atoms with Gasteiger partial charge >= 0.3 is 0 Å². The quantitative estimate of drug-likeness (QED) is 0.0643. The molecule has 0 atom stereocenters. The molecule has 0 aliphatic rings. The van der Waals surface area contributed by atoms with Gasteiger partial charge in [0.1, 0.15) is 22.8 Å². The molecule has 7 nitrogen and oxygen atoms in total. The number of amidine groups is 1. The minimum Gasteiger partial charge on any atom is -0.497 e. The number of rotatable bonds is 10. The lowest BCUT2D eigenvalue weighted by Crippen LogP contribution is -2.29. The molecule has 7 heteroatoms. The largest absolute Gasteiger partial charge is 0.497 e. The number of benzene rings is 8. The molecule has 2 heterocycles. The van der Waals surface area contributed by atoms with Gasteiger partial charge in [0.05, 0.1) is 29.4 Å². The van der Waals surface area contributed by atoms with Crippen molar-refractivity contribution in [3.8, 4) is 27.9 Å². The van der Waals surface area contributed by atoms with Gasteiger partial charge in [0.25, 0.3) is 0 Å². The van der Waals surface area contributed by atoms with Crippen LogP contribution >= 0.6 is 0 Å². The van der Waals surface area contributed by atoms with E-state index in [1.807, 2.05) is 106 Å². The number of allylic oxidation sites excluding steroid dienone is 3. The van der Waals surface area contributed by atoms with E-state index < -0.39 is 0 Å². The van der Waals surface area contributed by atoms with Gasteiger partial charge in [0, 0.05) is 58.7 Å². The molecule has 0 fully saturated rings. The van der Waals surface area contributed by atoms with E-state index in [-0.39, 0.29) is 0 Å². The summed E-state index contributed by atoms with van der Waals surface area (Å²) in [5.41, 5.74) is 13.0. The number of nitrogens with one attached hydrogen (secondary N) is 1. The Hall–Kier alpha value is -8.68. The Morgan fingerprint density at radius 1 is 0.647 bits per heavy atom. The van der Waals surface area contributed by atoms with E-state index in [0.717, 1.165) is 77.8 Å². The van der Waals surface area contributed by atoms with Crippen LogP contribution < -0.4 is 10.2 Å². The Balaban J connectivity index is 0.00000285. The molecule has 0 amide bonds. The normalized spacial score (nSPS) is 12.2. The topological polar surface area (TPSA) is 67.3 Å². The Bertz CT molecular complexity index is 3540. The third-order valence-corrected chi connectivity index (χ3v) is 12.1. The van der Waals surface area contributed by atoms with E-state index in [9.17, 15) is 0 Å². The second kappa shape index (κ2) is 20.2. The number of hydrogen-bond acceptors (Lipinski definition) is 3. The smallest absolute Gasteiger partial charge is 0.231 e. The van der Waals surface area contributed by atoms with Crippen molar-refractivity contribution in [2.45, 2.75) is 13.8 Å². The average molecular weight is 888 g/mol. The molecule has 0 aliphatic carbocycles. The maximum atomic E-state index is 6.48. The number of ether oxygens (including phenoxy) is 1. The number of hydrogen-bond donors (Lipinski definition) is 1. The fraction of sp³-hybridized carbons (Fsp3) is 0.0820. The average Bonchev–Trinajstić information content (AvgIpc) is 3.96. The molecular weight excluding hydrogens is 835 g/mol. The van der Waals surface area contributed by atoms with Crippen LogP contribution in [-0.2, 0) is 4.74 Å². The first-order valence-electron chi connectivity index (χ1n) is 22.9. The maximum Gasteiger partial charge on any atom is 0.231 e. The first kappa shape index (κ1) is 44.5. The number of aliphatic imine (C=N–C) groups is 2. The Morgan fingerprint density at radius 3 is 2.04 bits per heavy atom. The van der Waals surface area contributed by atoms with Gasteiger partial charge in [0.15, 0.2) is 0 Å². The predicted octanol–water partition coefficient (Wildman–Crippen LogP) is 15.3. The molecule has 0 spiro atoms. The first-order chi connectivity index (χ1) is 33.5. The van der Waals surface area contributed by atoms with E-state index in [1.54, 1.807) is 13.3 Å². The third-order valence-electron chi connectivity index (χ3n) is 12.1. The Labute approximate surface area is 398 Å². The summed E-state index contributed by atoms with van der Waals surface area (Å²) in [6.07, 6.45) is 5.60. The van der Waals surface area contributed by atoms with Crippen LogP contribution in [0.2, 0.25) is 0 Å². The molecule has 334 valence electrons. The van der Waals surface area contributed by atoms with E-state index in [2.05, 4.69) is 150 Å². The highest BCUT2D eigenvalue weighted by Gasteiger charge is 2.20. The van der Waals surface area contributed by atoms with Gasteiger partial charge in [-0.2, -0.15) is 4.99 Å². The molecule has 10 aromatic rings. The van der Waals surface area contributed by atoms with Gasteiger partial charge in [-0.25, -0.2) is 4.99 Å². The number of furan rings is 1. The number of anilines is 1. The van der Waals surface area contributed by atoms with Gasteiger partial charge in [-0.05, 0) is 82.9 Å². The van der Waals surface area contributed by atoms with Crippen LogP contribution in [0.5, 0.6) is 0 Å². The lowest BCUT2D eigenvalue weighted by atomic mass is 9.92. The number of aromatic nitrogens is 1. The summed E-state index contributed by atoms with van der Waals surface area (Å²) in [5, 5.41) is 7.84. The van der Waals surface area contributed by atoms with Crippen LogP contribution in [-0.4, -0.2) is 37.6 Å². The maximum absolute atomic E-state index is 6.48. The summed E-state index contributed by atoms with van der Waals surface area (Å²) >= 11 is 0. The second-order valence-electron chi connectivity index (χ2n) is 15.9. The molecule has 2 aromatic heterocycles. The van der Waals surface area contributed by atoms with Crippen LogP contribution in [0.4, 0.5) is 5.69 Å². The molecule has 10 rings (SSSR count). The lowest BCUT2D eigenvalue weighted by Gasteiger charge is -2.23. The highest BCUT2D eigenvalue weighted by molar-refractivity contribution is 6.18. The molecule has 0 bridgehead atoms. The van der Waals surface area contributed by atoms with Crippen LogP contribution in [0.25, 0.3) is 77.3 Å². The number of nitrogens with zero attached hydrogens (tertiary/aromatic N) is 4. The number of methoxy groups -OCH3 is 1. The van der Waals surface area contributed by atoms with E-state index in [1.165, 1.54) is 16.3 Å². The number of para-hydroxylation sites is 5. The Morgan fingerprint density at radius 2 is 1.28 bits per heavy atom. The molecule has 68 heavy (non-hydrogen) atoms. The van der Waals surface area contributed by atoms with Crippen molar-refractivity contribution >= 4 is 66.8 Å². The van der Waals surface area contributed by atoms with Crippen molar-refractivity contribution in [3.05, 3.63) is 236 Å². The fourth-order valence-electron chi connectivity index (χ4n) is 8.87. The predicted molar refractivity (Wildman–Crippen MR) is 288 cm³/mol. The van der Waals surface area contributed by atoms with Crippen LogP contribution in [0.1, 0.15) is 25.0 Å². The zero-order chi connectivity index (χ0) is 47.0. The van der Waals surface area contributed by atoms with Crippen molar-refractivity contribution in [1.82, 2.24) is 9.88 Å². The van der Waals surface area contributed by atoms with Gasteiger partial charge in [-0.3, -0.25) is 0 Å². The van der Waals surface area contributed by atoms with E-state index in [4.69, 9.17) is 19.1 Å². The molecule has 0 aliphatic heterocycles. The highest BCUT2D eigenvalue weighted by atomic mass is 16.5. The van der Waals surface area contributed by atoms with E-state index in [0.29, 0.717) is 17.6 Å². The van der Waals surface area contributed by atoms with Gasteiger partial charge < -0.3 is 23.9 Å². The van der Waals surface area contributed by atoms with Crippen molar-refractivity contribution in [1.29, 1.82) is 0 Å². The van der Waals surface area contributed by atoms with Crippen LogP contribution in [0, 0.1) is 0 Å². The molecule has 0 saturated heterocycles. The SMILES string of the molecule is C=C(OC)\C(=C/C=C\N=C(/N=C(\NC)c1cccc2c1oc1ccccc12)N(C)c1ccccc1-c1ccccc1-c1ccc2c(c1)c1ccccc1n2-c1ccccc1)c1ccccc1.CC. The molecule has 0 unspecified atom stereocenters. The molecule has 1 N–H and O–H groups in total. The van der Waals surface area contributed by atoms with Gasteiger partial charge in [0.2, 0.25) is 5.96 Å². The van der Waals surface area contributed by atoms with Crippen molar-refractivity contribution in [2.24, 2.45) is 9.98 Å². The number of fused-ring (bicyclic) bond motifs is 6. The van der Waals surface area contributed by atoms with Crippen molar-refractivity contribution < 1.29 is 9.15 Å². The number of guanidine groups is 1. The van der Waals surface area contributed by atoms with Crippen LogP contribution in [0.15, 0.2) is 239 Å². The van der Waals surface area contributed by atoms with Crippen molar-refractivity contribution in [3.63, 3.8) is 0 Å². The molecular formula is C61H53N5O2. The minimum absolute atomic E-state index is 0.448. The zero-order valence-electron chi connectivity index (χ0n) is 39.0. The summed E-state index contributed by atoms with van der Waals surface area (Å²) in [6, 6.07) is 67.3. The van der Waals surface area contributed by atoms with Gasteiger partial charge in [-0.15, -0.1) is 0 Å². The standard InChI is InChI=1S/C59H47N5O2.C2H6/c1-40(65-4)44(41-21-7-5-8-22-41)32-20-38-61-59(62-58(60-2)51-31-19-30-50-49-29-15-18-35-56(49)66-57(50)51)63(3)53-33-16-13-27-47(53)46-26-12-11-25-45(46)42-36-37-55-52(39-42)48-28-14-17-34-54(48)64(55)43-23-9-6-10-24-43;1-2/h5-39H,1H2,2-4H3,(H,60,61,62);1-2H3/b38-20-,44-32+;. The summed E-state index contributed by atoms with van der Waals surface area (Å²) in [6.45, 7) is 8.16. The summed E-state index contributed by atoms with van der Waals surface area (Å²) in [4.78, 5) is 12.4. The fourth-order valence-corrected chi connectivity index (χ4v) is 8.87. The molecule has 8 aromatic carbocycles. The summed E-state index contributed by atoms with van der Waals surface area (Å²) in [5.74, 6) is 1.60. The minimum atomic E-state index is 0.448. The third kappa shape index (κ3) is 8.61. The first-order valence-corrected chi connectivity index (χ1v) is 22.9. The zero-order valence-corrected chi connectivity index (χ0v) is 39.0. The van der Waals surface area contributed by atoms with Crippen molar-refractivity contribution in [2.75, 3.05) is 26.1 Å².